The summed E-state index contributed by atoms with van der Waals surface area (Å²) < 4.78 is 0. The molecule has 0 aliphatic rings. The first-order valence-electron chi connectivity index (χ1n) is 9.55. The van der Waals surface area contributed by atoms with Gasteiger partial charge in [-0.1, -0.05) is 90.5 Å². The van der Waals surface area contributed by atoms with Crippen LogP contribution in [0.1, 0.15) is 16.7 Å². The summed E-state index contributed by atoms with van der Waals surface area (Å²) in [4.78, 5) is 2.27. The van der Waals surface area contributed by atoms with Crippen molar-refractivity contribution in [3.8, 4) is 0 Å². The average Bonchev–Trinajstić information content (AvgIpc) is 2.76. The Kier molecular flexibility index (Phi) is 5.35. The number of nitrogens with zero attached hydrogens (tertiary/aromatic N) is 1. The maximum absolute atomic E-state index is 2.27. The molecule has 0 unspecified atom stereocenters. The van der Waals surface area contributed by atoms with Gasteiger partial charge in [0.05, 0.1) is 0 Å². The summed E-state index contributed by atoms with van der Waals surface area (Å²) >= 11 is 0. The highest BCUT2D eigenvalue weighted by Gasteiger charge is 2.11. The minimum Gasteiger partial charge on any atom is -0.311 e. The van der Waals surface area contributed by atoms with Gasteiger partial charge in [0.2, 0.25) is 0 Å². The number of hydrogen-bond donors (Lipinski definition) is 0. The SMILES string of the molecule is Cc1ccc(C=Cc2ccc(N(c3ccccc3)c3ccccc3)cc2)cc1. The molecule has 0 aliphatic carbocycles. The topological polar surface area (TPSA) is 3.24 Å². The molecule has 0 fully saturated rings. The first-order chi connectivity index (χ1) is 13.8. The molecule has 0 saturated carbocycles. The molecule has 1 heteroatoms. The summed E-state index contributed by atoms with van der Waals surface area (Å²) in [5, 5.41) is 0. The molecule has 136 valence electrons. The Hall–Kier alpha value is -3.58. The first kappa shape index (κ1) is 17.8. The molecule has 0 amide bonds. The molecule has 0 atom stereocenters. The van der Waals surface area contributed by atoms with Gasteiger partial charge < -0.3 is 4.90 Å². The molecule has 0 aromatic heterocycles. The smallest absolute Gasteiger partial charge is 0.0462 e. The third-order valence-electron chi connectivity index (χ3n) is 4.73. The van der Waals surface area contributed by atoms with Gasteiger partial charge in [0, 0.05) is 17.1 Å². The lowest BCUT2D eigenvalue weighted by Crippen LogP contribution is -2.09. The third-order valence-corrected chi connectivity index (χ3v) is 4.73. The van der Waals surface area contributed by atoms with Crippen molar-refractivity contribution in [1.29, 1.82) is 0 Å². The Morgan fingerprint density at radius 3 is 1.32 bits per heavy atom. The molecule has 4 aromatic carbocycles. The predicted molar refractivity (Wildman–Crippen MR) is 121 cm³/mol. The summed E-state index contributed by atoms with van der Waals surface area (Å²) in [5.74, 6) is 0. The quantitative estimate of drug-likeness (QED) is 0.330. The fourth-order valence-corrected chi connectivity index (χ4v) is 3.21. The zero-order chi connectivity index (χ0) is 19.2. The minimum absolute atomic E-state index is 1.14. The van der Waals surface area contributed by atoms with E-state index in [-0.39, 0.29) is 0 Å². The number of benzene rings is 4. The van der Waals surface area contributed by atoms with Crippen LogP contribution in [0.3, 0.4) is 0 Å². The molecule has 0 radical (unpaired) electrons. The minimum atomic E-state index is 1.14. The number of rotatable bonds is 5. The van der Waals surface area contributed by atoms with Crippen LogP contribution in [0.5, 0.6) is 0 Å². The molecule has 1 nitrogen and oxygen atoms in total. The van der Waals surface area contributed by atoms with Gasteiger partial charge in [0.15, 0.2) is 0 Å². The molecule has 0 N–H and O–H groups in total. The standard InChI is InChI=1S/C27H23N/c1-22-12-14-23(15-13-22)16-17-24-18-20-27(21-19-24)28(25-8-4-2-5-9-25)26-10-6-3-7-11-26/h2-21H,1H3. The molecule has 4 rings (SSSR count). The van der Waals surface area contributed by atoms with Crippen LogP contribution in [0.2, 0.25) is 0 Å². The molecule has 0 spiro atoms. The number of hydrogen-bond acceptors (Lipinski definition) is 1. The third kappa shape index (κ3) is 4.21. The summed E-state index contributed by atoms with van der Waals surface area (Å²) in [5.41, 5.74) is 7.12. The van der Waals surface area contributed by atoms with E-state index in [0.717, 1.165) is 17.1 Å². The van der Waals surface area contributed by atoms with Crippen LogP contribution in [0.4, 0.5) is 17.1 Å². The Morgan fingerprint density at radius 2 is 0.857 bits per heavy atom. The van der Waals surface area contributed by atoms with Crippen molar-refractivity contribution in [3.63, 3.8) is 0 Å². The molecule has 4 aromatic rings. The van der Waals surface area contributed by atoms with Crippen molar-refractivity contribution in [1.82, 2.24) is 0 Å². The van der Waals surface area contributed by atoms with Gasteiger partial charge in [-0.25, -0.2) is 0 Å². The van der Waals surface area contributed by atoms with E-state index in [1.807, 2.05) is 12.1 Å². The normalized spacial score (nSPS) is 10.9. The fourth-order valence-electron chi connectivity index (χ4n) is 3.21. The fraction of sp³-hybridized carbons (Fsp3) is 0.0370. The van der Waals surface area contributed by atoms with E-state index in [2.05, 4.69) is 121 Å². The highest BCUT2D eigenvalue weighted by Crippen LogP contribution is 2.34. The average molecular weight is 361 g/mol. The van der Waals surface area contributed by atoms with Gasteiger partial charge in [0.1, 0.15) is 0 Å². The van der Waals surface area contributed by atoms with E-state index in [0.29, 0.717) is 0 Å². The first-order valence-corrected chi connectivity index (χ1v) is 9.55. The Bertz CT molecular complexity index is 991. The lowest BCUT2D eigenvalue weighted by Gasteiger charge is -2.25. The maximum Gasteiger partial charge on any atom is 0.0462 e. The van der Waals surface area contributed by atoms with Crippen molar-refractivity contribution in [2.24, 2.45) is 0 Å². The zero-order valence-electron chi connectivity index (χ0n) is 16.0. The van der Waals surface area contributed by atoms with Crippen LogP contribution in [0.15, 0.2) is 109 Å². The Labute approximate surface area is 167 Å². The Balaban J connectivity index is 1.62. The second kappa shape index (κ2) is 8.41. The molecular weight excluding hydrogens is 338 g/mol. The molecular formula is C27H23N. The van der Waals surface area contributed by atoms with Gasteiger partial charge in [-0.3, -0.25) is 0 Å². The molecule has 0 aliphatic heterocycles. The lowest BCUT2D eigenvalue weighted by molar-refractivity contribution is 1.28. The van der Waals surface area contributed by atoms with Gasteiger partial charge in [-0.15, -0.1) is 0 Å². The van der Waals surface area contributed by atoms with E-state index in [4.69, 9.17) is 0 Å². The van der Waals surface area contributed by atoms with Crippen LogP contribution in [0.25, 0.3) is 12.2 Å². The van der Waals surface area contributed by atoms with E-state index < -0.39 is 0 Å². The maximum atomic E-state index is 2.27. The highest BCUT2D eigenvalue weighted by molar-refractivity contribution is 5.78. The van der Waals surface area contributed by atoms with E-state index in [1.165, 1.54) is 16.7 Å². The molecule has 0 heterocycles. The monoisotopic (exact) mass is 361 g/mol. The largest absolute Gasteiger partial charge is 0.311 e. The van der Waals surface area contributed by atoms with Gasteiger partial charge in [-0.05, 0) is 54.4 Å². The second-order valence-corrected chi connectivity index (χ2v) is 6.84. The number of anilines is 3. The van der Waals surface area contributed by atoms with Crippen LogP contribution in [-0.4, -0.2) is 0 Å². The van der Waals surface area contributed by atoms with E-state index in [9.17, 15) is 0 Å². The van der Waals surface area contributed by atoms with Crippen LogP contribution >= 0.6 is 0 Å². The lowest BCUT2D eigenvalue weighted by atomic mass is 10.1. The number of aryl methyl sites for hydroxylation is 1. The van der Waals surface area contributed by atoms with Crippen LogP contribution in [-0.2, 0) is 0 Å². The summed E-state index contributed by atoms with van der Waals surface area (Å²) in [7, 11) is 0. The molecule has 28 heavy (non-hydrogen) atoms. The summed E-state index contributed by atoms with van der Waals surface area (Å²) in [6, 6.07) is 38.2. The summed E-state index contributed by atoms with van der Waals surface area (Å²) in [6.45, 7) is 2.11. The van der Waals surface area contributed by atoms with E-state index >= 15 is 0 Å². The highest BCUT2D eigenvalue weighted by atomic mass is 15.1. The number of para-hydroxylation sites is 2. The van der Waals surface area contributed by atoms with Crippen molar-refractivity contribution in [2.45, 2.75) is 6.92 Å². The molecule has 0 bridgehead atoms. The zero-order valence-corrected chi connectivity index (χ0v) is 16.0. The van der Waals surface area contributed by atoms with Crippen molar-refractivity contribution in [2.75, 3.05) is 4.90 Å². The Morgan fingerprint density at radius 1 is 0.464 bits per heavy atom. The van der Waals surface area contributed by atoms with Crippen molar-refractivity contribution in [3.05, 3.63) is 126 Å². The summed E-state index contributed by atoms with van der Waals surface area (Å²) in [6.07, 6.45) is 4.31. The second-order valence-electron chi connectivity index (χ2n) is 6.84. The van der Waals surface area contributed by atoms with Crippen molar-refractivity contribution >= 4 is 29.2 Å². The van der Waals surface area contributed by atoms with Crippen LogP contribution < -0.4 is 4.90 Å². The predicted octanol–water partition coefficient (Wildman–Crippen LogP) is 7.64. The van der Waals surface area contributed by atoms with Gasteiger partial charge >= 0.3 is 0 Å². The van der Waals surface area contributed by atoms with E-state index in [1.54, 1.807) is 0 Å². The molecule has 0 saturated heterocycles. The van der Waals surface area contributed by atoms with Crippen LogP contribution in [0, 0.1) is 6.92 Å². The van der Waals surface area contributed by atoms with Gasteiger partial charge in [-0.2, -0.15) is 0 Å². The van der Waals surface area contributed by atoms with Gasteiger partial charge in [0.25, 0.3) is 0 Å². The van der Waals surface area contributed by atoms with Crippen molar-refractivity contribution < 1.29 is 0 Å².